The summed E-state index contributed by atoms with van der Waals surface area (Å²) in [7, 11) is 0. The van der Waals surface area contributed by atoms with E-state index in [1.165, 1.54) is 16.7 Å². The molecule has 2 heteroatoms. The van der Waals surface area contributed by atoms with Crippen LogP contribution in [0.5, 0.6) is 0 Å². The summed E-state index contributed by atoms with van der Waals surface area (Å²) in [6, 6.07) is 6.37. The zero-order valence-corrected chi connectivity index (χ0v) is 11.9. The topological polar surface area (TPSA) is 37.3 Å². The molecule has 4 atom stereocenters. The molecule has 0 aliphatic heterocycles. The van der Waals surface area contributed by atoms with Gasteiger partial charge in [0, 0.05) is 5.92 Å². The van der Waals surface area contributed by atoms with Crippen molar-refractivity contribution in [3.63, 3.8) is 0 Å². The van der Waals surface area contributed by atoms with Gasteiger partial charge in [-0.1, -0.05) is 18.2 Å². The Labute approximate surface area is 114 Å². The molecule has 2 nitrogen and oxygen atoms in total. The fourth-order valence-corrected chi connectivity index (χ4v) is 4.22. The third kappa shape index (κ3) is 1.85. The zero-order valence-electron chi connectivity index (χ0n) is 11.9. The van der Waals surface area contributed by atoms with Crippen LogP contribution in [0.4, 0.5) is 0 Å². The summed E-state index contributed by atoms with van der Waals surface area (Å²) in [5.41, 5.74) is 3.37. The zero-order chi connectivity index (χ0) is 13.8. The van der Waals surface area contributed by atoms with Gasteiger partial charge in [-0.2, -0.15) is 0 Å². The molecule has 102 valence electrons. The van der Waals surface area contributed by atoms with Gasteiger partial charge in [-0.25, -0.2) is 0 Å². The van der Waals surface area contributed by atoms with Gasteiger partial charge in [0.1, 0.15) is 6.29 Å². The highest BCUT2D eigenvalue weighted by molar-refractivity contribution is 5.59. The summed E-state index contributed by atoms with van der Waals surface area (Å²) in [6.45, 7) is 5.95. The molecule has 0 unspecified atom stereocenters. The first-order valence-electron chi connectivity index (χ1n) is 7.19. The van der Waals surface area contributed by atoms with Gasteiger partial charge in [0.05, 0.1) is 5.60 Å². The van der Waals surface area contributed by atoms with E-state index in [-0.39, 0.29) is 11.8 Å². The summed E-state index contributed by atoms with van der Waals surface area (Å²) in [4.78, 5) is 11.3. The van der Waals surface area contributed by atoms with E-state index >= 15 is 0 Å². The van der Waals surface area contributed by atoms with E-state index in [1.54, 1.807) is 0 Å². The van der Waals surface area contributed by atoms with E-state index < -0.39 is 5.60 Å². The van der Waals surface area contributed by atoms with E-state index in [0.29, 0.717) is 11.8 Å². The average Bonchev–Trinajstić information content (AvgIpc) is 2.28. The van der Waals surface area contributed by atoms with Crippen molar-refractivity contribution in [3.05, 3.63) is 34.9 Å². The Balaban J connectivity index is 2.07. The molecule has 0 amide bonds. The average molecular weight is 258 g/mol. The molecule has 1 aromatic carbocycles. The third-order valence-corrected chi connectivity index (χ3v) is 5.26. The number of carbonyl (C=O) groups excluding carboxylic acids is 1. The van der Waals surface area contributed by atoms with E-state index in [4.69, 9.17) is 0 Å². The Kier molecular flexibility index (Phi) is 2.82. The number of aliphatic hydroxyl groups is 1. The molecule has 1 fully saturated rings. The molecule has 1 N–H and O–H groups in total. The summed E-state index contributed by atoms with van der Waals surface area (Å²) in [5, 5.41) is 10.4. The molecule has 0 spiro atoms. The molecule has 2 aliphatic carbocycles. The van der Waals surface area contributed by atoms with E-state index in [1.807, 2.05) is 13.8 Å². The number of hydrogen-bond acceptors (Lipinski definition) is 2. The van der Waals surface area contributed by atoms with Gasteiger partial charge < -0.3 is 9.90 Å². The van der Waals surface area contributed by atoms with Crippen molar-refractivity contribution in [2.75, 3.05) is 0 Å². The van der Waals surface area contributed by atoms with E-state index in [9.17, 15) is 9.90 Å². The fourth-order valence-electron chi connectivity index (χ4n) is 4.22. The molecular weight excluding hydrogens is 236 g/mol. The highest BCUT2D eigenvalue weighted by Gasteiger charge is 2.54. The lowest BCUT2D eigenvalue weighted by Gasteiger charge is -2.55. The smallest absolute Gasteiger partial charge is 0.123 e. The van der Waals surface area contributed by atoms with Crippen LogP contribution >= 0.6 is 0 Å². The molecular formula is C17H22O2. The van der Waals surface area contributed by atoms with Crippen LogP contribution in [0.25, 0.3) is 0 Å². The van der Waals surface area contributed by atoms with Gasteiger partial charge in [-0.15, -0.1) is 0 Å². The van der Waals surface area contributed by atoms with Crippen LogP contribution in [0.1, 0.15) is 42.9 Å². The van der Waals surface area contributed by atoms with Crippen LogP contribution in [-0.4, -0.2) is 17.0 Å². The molecule has 3 rings (SSSR count). The first-order valence-corrected chi connectivity index (χ1v) is 7.19. The second kappa shape index (κ2) is 4.17. The molecule has 1 aromatic rings. The minimum absolute atomic E-state index is 0.137. The van der Waals surface area contributed by atoms with Crippen LogP contribution < -0.4 is 0 Å². The first kappa shape index (κ1) is 12.9. The van der Waals surface area contributed by atoms with Crippen molar-refractivity contribution in [3.8, 4) is 0 Å². The Morgan fingerprint density at radius 2 is 2.11 bits per heavy atom. The number of fused-ring (bicyclic) bond motifs is 3. The lowest BCUT2D eigenvalue weighted by Crippen LogP contribution is -2.52. The summed E-state index contributed by atoms with van der Waals surface area (Å²) < 4.78 is 0. The van der Waals surface area contributed by atoms with Gasteiger partial charge in [-0.05, 0) is 68.1 Å². The Hall–Kier alpha value is -1.15. The van der Waals surface area contributed by atoms with Crippen molar-refractivity contribution in [1.82, 2.24) is 0 Å². The molecule has 0 bridgehead atoms. The van der Waals surface area contributed by atoms with Gasteiger partial charge in [0.15, 0.2) is 0 Å². The lowest BCUT2D eigenvalue weighted by molar-refractivity contribution is -0.121. The Bertz CT molecular complexity index is 512. The summed E-state index contributed by atoms with van der Waals surface area (Å²) in [6.07, 6.45) is 2.98. The quantitative estimate of drug-likeness (QED) is 0.828. The Morgan fingerprint density at radius 1 is 1.37 bits per heavy atom. The van der Waals surface area contributed by atoms with E-state index in [2.05, 4.69) is 25.1 Å². The molecule has 0 saturated heterocycles. The minimum Gasteiger partial charge on any atom is -0.390 e. The Morgan fingerprint density at radius 3 is 2.74 bits per heavy atom. The second-order valence-electron chi connectivity index (χ2n) is 6.84. The van der Waals surface area contributed by atoms with Gasteiger partial charge in [-0.3, -0.25) is 0 Å². The normalized spacial score (nSPS) is 33.1. The second-order valence-corrected chi connectivity index (χ2v) is 6.84. The van der Waals surface area contributed by atoms with Gasteiger partial charge in [0.25, 0.3) is 0 Å². The van der Waals surface area contributed by atoms with Crippen LogP contribution in [-0.2, 0) is 11.2 Å². The number of aldehydes is 1. The first-order chi connectivity index (χ1) is 8.93. The molecule has 0 radical (unpaired) electrons. The standard InChI is InChI=1S/C17H22O2/c1-10-5-4-6-11-7-12(9-18)13-8-14(17(2,3)19)16(13)15(10)11/h4-6,9,12-14,16,19H,7-8H2,1-3H3/t12-,13+,14-,16-/m0/s1. The molecule has 1 saturated carbocycles. The van der Waals surface area contributed by atoms with Gasteiger partial charge >= 0.3 is 0 Å². The monoisotopic (exact) mass is 258 g/mol. The van der Waals surface area contributed by atoms with Crippen LogP contribution in [0.3, 0.4) is 0 Å². The fraction of sp³-hybridized carbons (Fsp3) is 0.588. The minimum atomic E-state index is -0.661. The van der Waals surface area contributed by atoms with E-state index in [0.717, 1.165) is 19.1 Å². The maximum absolute atomic E-state index is 11.3. The maximum atomic E-state index is 11.3. The molecule has 19 heavy (non-hydrogen) atoms. The van der Waals surface area contributed by atoms with Crippen molar-refractivity contribution >= 4 is 6.29 Å². The lowest BCUT2D eigenvalue weighted by atomic mass is 9.49. The number of aryl methyl sites for hydroxylation is 1. The number of rotatable bonds is 2. The van der Waals surface area contributed by atoms with Gasteiger partial charge in [0.2, 0.25) is 0 Å². The number of carbonyl (C=O) groups is 1. The molecule has 0 aromatic heterocycles. The van der Waals surface area contributed by atoms with Crippen molar-refractivity contribution in [1.29, 1.82) is 0 Å². The van der Waals surface area contributed by atoms with Crippen molar-refractivity contribution in [2.45, 2.75) is 45.1 Å². The van der Waals surface area contributed by atoms with Crippen LogP contribution in [0.15, 0.2) is 18.2 Å². The molecule has 2 aliphatic rings. The van der Waals surface area contributed by atoms with Crippen molar-refractivity contribution < 1.29 is 9.90 Å². The highest BCUT2D eigenvalue weighted by Crippen LogP contribution is 2.59. The SMILES string of the molecule is Cc1cccc2c1[C@H]1[C@H](C[C@@H]1C(C)(C)O)[C@H](C=O)C2. The van der Waals surface area contributed by atoms with Crippen LogP contribution in [0.2, 0.25) is 0 Å². The largest absolute Gasteiger partial charge is 0.390 e. The summed E-state index contributed by atoms with van der Waals surface area (Å²) in [5.74, 6) is 1.21. The maximum Gasteiger partial charge on any atom is 0.123 e. The molecule has 0 heterocycles. The highest BCUT2D eigenvalue weighted by atomic mass is 16.3. The summed E-state index contributed by atoms with van der Waals surface area (Å²) >= 11 is 0. The number of hydrogen-bond donors (Lipinski definition) is 1. The number of benzene rings is 1. The predicted molar refractivity (Wildman–Crippen MR) is 75.1 cm³/mol. The predicted octanol–water partition coefficient (Wildman–Crippen LogP) is 2.86. The van der Waals surface area contributed by atoms with Crippen LogP contribution in [0, 0.1) is 24.7 Å². The van der Waals surface area contributed by atoms with Crippen molar-refractivity contribution in [2.24, 2.45) is 17.8 Å². The third-order valence-electron chi connectivity index (χ3n) is 5.26.